The zero-order chi connectivity index (χ0) is 5.15. The molecular weight excluding hydrogens is 123 g/mol. The first-order valence-corrected chi connectivity index (χ1v) is 1.01. The van der Waals surface area contributed by atoms with Crippen LogP contribution in [0.15, 0.2) is 12.2 Å². The van der Waals surface area contributed by atoms with Gasteiger partial charge in [0.15, 0.2) is 0 Å². The van der Waals surface area contributed by atoms with Gasteiger partial charge in [-0.2, -0.15) is 17.6 Å². The van der Waals surface area contributed by atoms with Gasteiger partial charge in [0.2, 0.25) is 0 Å². The van der Waals surface area contributed by atoms with E-state index in [0.717, 1.165) is 0 Å². The quantitative estimate of drug-likeness (QED) is 0.337. The van der Waals surface area contributed by atoms with Crippen molar-refractivity contribution in [1.29, 1.82) is 0 Å². The second-order valence-corrected chi connectivity index (χ2v) is 0.521. The average molecular weight is 124 g/mol. The van der Waals surface area contributed by atoms with E-state index in [4.69, 9.17) is 0 Å². The Hall–Kier alpha value is 0.460. The van der Waals surface area contributed by atoms with Gasteiger partial charge in [0, 0.05) is 0 Å². The van der Waals surface area contributed by atoms with E-state index < -0.39 is 12.2 Å². The van der Waals surface area contributed by atoms with Crippen molar-refractivity contribution >= 4 is 29.6 Å². The van der Waals surface area contributed by atoms with Gasteiger partial charge >= 0.3 is 41.7 Å². The molecule has 5 heteroatoms. The predicted octanol–water partition coefficient (Wildman–Crippen LogP) is 1.34. The molecule has 0 bridgehead atoms. The standard InChI is InChI=1S/C2F4.Na.H/c3-1(4)2(5)6;;. The summed E-state index contributed by atoms with van der Waals surface area (Å²) < 4.78 is 41.1. The maximum atomic E-state index is 10.3. The molecule has 0 amide bonds. The first kappa shape index (κ1) is 10.4. The molecule has 0 spiro atoms. The maximum absolute atomic E-state index is 10.3. The van der Waals surface area contributed by atoms with Gasteiger partial charge in [0.25, 0.3) is 0 Å². The molecule has 0 saturated carbocycles. The molecule has 0 aromatic rings. The summed E-state index contributed by atoms with van der Waals surface area (Å²) in [5.41, 5.74) is 0. The normalized spacial score (nSPS) is 6.86. The summed E-state index contributed by atoms with van der Waals surface area (Å²) in [6.07, 6.45) is -5.81. The molecule has 0 aliphatic carbocycles. The van der Waals surface area contributed by atoms with Gasteiger partial charge in [0.1, 0.15) is 0 Å². The van der Waals surface area contributed by atoms with Crippen molar-refractivity contribution in [3.05, 3.63) is 12.2 Å². The van der Waals surface area contributed by atoms with E-state index in [9.17, 15) is 17.6 Å². The Balaban J connectivity index is 0. The molecule has 0 aromatic heterocycles. The van der Waals surface area contributed by atoms with E-state index in [-0.39, 0.29) is 29.6 Å². The first-order valence-electron chi connectivity index (χ1n) is 1.01. The molecular formula is C2HF4Na. The Bertz CT molecular complexity index is 59.8. The van der Waals surface area contributed by atoms with Crippen molar-refractivity contribution in [2.24, 2.45) is 0 Å². The Morgan fingerprint density at radius 3 is 0.857 bits per heavy atom. The second kappa shape index (κ2) is 4.61. The molecule has 38 valence electrons. The summed E-state index contributed by atoms with van der Waals surface area (Å²) in [5, 5.41) is 0. The molecule has 0 nitrogen and oxygen atoms in total. The van der Waals surface area contributed by atoms with Crippen molar-refractivity contribution in [1.82, 2.24) is 0 Å². The van der Waals surface area contributed by atoms with Gasteiger partial charge in [-0.25, -0.2) is 0 Å². The predicted molar refractivity (Wildman–Crippen MR) is 18.6 cm³/mol. The zero-order valence-electron chi connectivity index (χ0n) is 2.51. The average Bonchev–Trinajstić information content (AvgIpc) is 1.36. The van der Waals surface area contributed by atoms with Gasteiger partial charge < -0.3 is 0 Å². The SMILES string of the molecule is FC(F)=C(F)F.[NaH]. The molecule has 0 unspecified atom stereocenters. The van der Waals surface area contributed by atoms with E-state index >= 15 is 0 Å². The van der Waals surface area contributed by atoms with E-state index in [1.54, 1.807) is 0 Å². The molecule has 0 atom stereocenters. The summed E-state index contributed by atoms with van der Waals surface area (Å²) in [6, 6.07) is 0. The van der Waals surface area contributed by atoms with Crippen LogP contribution in [-0.2, 0) is 0 Å². The first-order chi connectivity index (χ1) is 2.64. The van der Waals surface area contributed by atoms with Gasteiger partial charge in [0.05, 0.1) is 0 Å². The minimum atomic E-state index is -2.91. The van der Waals surface area contributed by atoms with Crippen molar-refractivity contribution < 1.29 is 17.6 Å². The van der Waals surface area contributed by atoms with Crippen LogP contribution in [0.2, 0.25) is 0 Å². The molecule has 0 rings (SSSR count). The van der Waals surface area contributed by atoms with E-state index in [0.29, 0.717) is 0 Å². The Morgan fingerprint density at radius 1 is 0.714 bits per heavy atom. The van der Waals surface area contributed by atoms with Crippen LogP contribution in [0.25, 0.3) is 0 Å². The third-order valence-corrected chi connectivity index (χ3v) is 0.143. The minimum absolute atomic E-state index is 0. The van der Waals surface area contributed by atoms with Crippen LogP contribution in [0.3, 0.4) is 0 Å². The number of hydrogen-bond acceptors (Lipinski definition) is 0. The fraction of sp³-hybridized carbons (Fsp3) is 0. The van der Waals surface area contributed by atoms with Crippen LogP contribution >= 0.6 is 0 Å². The Kier molecular flexibility index (Phi) is 6.88. The topological polar surface area (TPSA) is 0 Å². The molecule has 0 aliphatic heterocycles. The molecule has 0 fully saturated rings. The van der Waals surface area contributed by atoms with Crippen LogP contribution in [0, 0.1) is 0 Å². The summed E-state index contributed by atoms with van der Waals surface area (Å²) in [7, 11) is 0. The van der Waals surface area contributed by atoms with Crippen molar-refractivity contribution in [2.45, 2.75) is 0 Å². The molecule has 0 N–H and O–H groups in total. The molecule has 7 heavy (non-hydrogen) atoms. The summed E-state index contributed by atoms with van der Waals surface area (Å²) in [6.45, 7) is 0. The van der Waals surface area contributed by atoms with Crippen LogP contribution in [-0.4, -0.2) is 29.6 Å². The molecule has 0 saturated heterocycles. The fourth-order valence-corrected chi connectivity index (χ4v) is 0. The van der Waals surface area contributed by atoms with E-state index in [1.807, 2.05) is 0 Å². The zero-order valence-corrected chi connectivity index (χ0v) is 2.51. The van der Waals surface area contributed by atoms with Crippen LogP contribution in [0.1, 0.15) is 0 Å². The van der Waals surface area contributed by atoms with Crippen molar-refractivity contribution in [3.63, 3.8) is 0 Å². The second-order valence-electron chi connectivity index (χ2n) is 0.521. The Morgan fingerprint density at radius 2 is 0.857 bits per heavy atom. The van der Waals surface area contributed by atoms with Crippen LogP contribution in [0.4, 0.5) is 17.6 Å². The summed E-state index contributed by atoms with van der Waals surface area (Å²) in [5.74, 6) is 0. The van der Waals surface area contributed by atoms with E-state index in [2.05, 4.69) is 0 Å². The van der Waals surface area contributed by atoms with Crippen LogP contribution in [0.5, 0.6) is 0 Å². The third-order valence-electron chi connectivity index (χ3n) is 0.143. The summed E-state index contributed by atoms with van der Waals surface area (Å²) >= 11 is 0. The molecule has 0 aliphatic rings. The molecule has 0 radical (unpaired) electrons. The summed E-state index contributed by atoms with van der Waals surface area (Å²) in [4.78, 5) is 0. The van der Waals surface area contributed by atoms with Crippen molar-refractivity contribution in [3.8, 4) is 0 Å². The van der Waals surface area contributed by atoms with Gasteiger partial charge in [-0.15, -0.1) is 0 Å². The Labute approximate surface area is 59.5 Å². The van der Waals surface area contributed by atoms with Crippen LogP contribution < -0.4 is 0 Å². The molecule has 0 heterocycles. The van der Waals surface area contributed by atoms with Crippen molar-refractivity contribution in [2.75, 3.05) is 0 Å². The third kappa shape index (κ3) is 6.46. The van der Waals surface area contributed by atoms with Gasteiger partial charge in [-0.05, 0) is 0 Å². The fourth-order valence-electron chi connectivity index (χ4n) is 0. The molecule has 0 aromatic carbocycles. The van der Waals surface area contributed by atoms with Gasteiger partial charge in [-0.1, -0.05) is 0 Å². The van der Waals surface area contributed by atoms with E-state index in [1.165, 1.54) is 0 Å². The number of halogens is 4. The number of rotatable bonds is 0. The number of hydrogen-bond donors (Lipinski definition) is 0. The van der Waals surface area contributed by atoms with Gasteiger partial charge in [-0.3, -0.25) is 0 Å². The monoisotopic (exact) mass is 124 g/mol.